The number of carbonyl (C=O) groups excluding carboxylic acids is 1. The number of carbonyl (C=O) groups is 2. The number of halogens is 1. The van der Waals surface area contributed by atoms with Crippen LogP contribution < -0.4 is 10.6 Å². The van der Waals surface area contributed by atoms with Crippen molar-refractivity contribution < 1.29 is 14.7 Å². The van der Waals surface area contributed by atoms with Crippen molar-refractivity contribution in [3.63, 3.8) is 0 Å². The molecular formula is C13H15ClN2O3S. The molecule has 2 amide bonds. The molecular weight excluding hydrogens is 300 g/mol. The van der Waals surface area contributed by atoms with Gasteiger partial charge in [0.05, 0.1) is 16.3 Å². The van der Waals surface area contributed by atoms with Gasteiger partial charge in [-0.05, 0) is 37.3 Å². The zero-order chi connectivity index (χ0) is 14.8. The van der Waals surface area contributed by atoms with Crippen LogP contribution in [0.25, 0.3) is 0 Å². The van der Waals surface area contributed by atoms with Gasteiger partial charge in [0.25, 0.3) is 0 Å². The molecule has 1 aliphatic rings. The Balaban J connectivity index is 1.92. The van der Waals surface area contributed by atoms with E-state index >= 15 is 0 Å². The summed E-state index contributed by atoms with van der Waals surface area (Å²) in [6.07, 6.45) is 4.26. The molecule has 0 spiro atoms. The second-order valence-electron chi connectivity index (χ2n) is 4.69. The first kappa shape index (κ1) is 15.0. The van der Waals surface area contributed by atoms with E-state index in [4.69, 9.17) is 16.7 Å². The van der Waals surface area contributed by atoms with E-state index in [1.165, 1.54) is 18.2 Å². The van der Waals surface area contributed by atoms with E-state index in [0.717, 1.165) is 12.8 Å². The lowest BCUT2D eigenvalue weighted by molar-refractivity contribution is 0.0697. The average Bonchev–Trinajstić information content (AvgIpc) is 3.19. The summed E-state index contributed by atoms with van der Waals surface area (Å²) < 4.78 is 0.189. The molecule has 20 heavy (non-hydrogen) atoms. The number of benzene rings is 1. The molecule has 0 atom stereocenters. The van der Waals surface area contributed by atoms with Gasteiger partial charge in [-0.15, -0.1) is 0 Å². The maximum Gasteiger partial charge on any atom is 0.335 e. The van der Waals surface area contributed by atoms with E-state index in [-0.39, 0.29) is 21.4 Å². The van der Waals surface area contributed by atoms with Crippen molar-refractivity contribution in [3.05, 3.63) is 28.8 Å². The van der Waals surface area contributed by atoms with Crippen molar-refractivity contribution in [1.82, 2.24) is 5.32 Å². The Morgan fingerprint density at radius 2 is 2.15 bits per heavy atom. The highest BCUT2D eigenvalue weighted by molar-refractivity contribution is 8.00. The Bertz CT molecular complexity index is 546. The number of carboxylic acid groups (broad SMARTS) is 1. The molecule has 0 aliphatic heterocycles. The molecule has 3 N–H and O–H groups in total. The minimum Gasteiger partial charge on any atom is -0.478 e. The van der Waals surface area contributed by atoms with Gasteiger partial charge in [-0.2, -0.15) is 11.8 Å². The minimum absolute atomic E-state index is 0.0836. The summed E-state index contributed by atoms with van der Waals surface area (Å²) in [5.74, 6) is -1.06. The monoisotopic (exact) mass is 314 g/mol. The number of carboxylic acids is 1. The number of thioether (sulfide) groups is 1. The Labute approximate surface area is 126 Å². The fourth-order valence-electron chi connectivity index (χ4n) is 1.75. The standard InChI is InChI=1S/C13H15ClN2O3S/c1-20-13(4-5-13)7-15-12(19)16-10-3-2-8(11(17)18)6-9(10)14/h2-3,6H,4-5,7H2,1H3,(H,17,18)(H2,15,16,19). The van der Waals surface area contributed by atoms with Crippen molar-refractivity contribution in [2.75, 3.05) is 18.1 Å². The van der Waals surface area contributed by atoms with Gasteiger partial charge < -0.3 is 15.7 Å². The number of amides is 2. The van der Waals surface area contributed by atoms with Gasteiger partial charge in [-0.3, -0.25) is 0 Å². The van der Waals surface area contributed by atoms with Crippen molar-refractivity contribution in [2.45, 2.75) is 17.6 Å². The largest absolute Gasteiger partial charge is 0.478 e. The van der Waals surface area contributed by atoms with Crippen LogP contribution in [-0.2, 0) is 0 Å². The van der Waals surface area contributed by atoms with Crippen LogP contribution in [0.1, 0.15) is 23.2 Å². The summed E-state index contributed by atoms with van der Waals surface area (Å²) in [5.41, 5.74) is 0.475. The van der Waals surface area contributed by atoms with E-state index in [0.29, 0.717) is 12.2 Å². The molecule has 1 fully saturated rings. The Hall–Kier alpha value is -1.40. The zero-order valence-corrected chi connectivity index (χ0v) is 12.5. The van der Waals surface area contributed by atoms with Gasteiger partial charge in [-0.1, -0.05) is 11.6 Å². The van der Waals surface area contributed by atoms with Gasteiger partial charge in [0, 0.05) is 11.3 Å². The normalized spacial score (nSPS) is 15.5. The topological polar surface area (TPSA) is 78.4 Å². The number of urea groups is 1. The van der Waals surface area contributed by atoms with Crippen LogP contribution >= 0.6 is 23.4 Å². The first-order chi connectivity index (χ1) is 9.46. The molecule has 5 nitrogen and oxygen atoms in total. The van der Waals surface area contributed by atoms with E-state index in [1.807, 2.05) is 6.26 Å². The van der Waals surface area contributed by atoms with Crippen LogP contribution in [0.2, 0.25) is 5.02 Å². The van der Waals surface area contributed by atoms with Crippen LogP contribution in [-0.4, -0.2) is 34.7 Å². The van der Waals surface area contributed by atoms with Gasteiger partial charge >= 0.3 is 12.0 Å². The summed E-state index contributed by atoms with van der Waals surface area (Å²) in [7, 11) is 0. The van der Waals surface area contributed by atoms with Crippen molar-refractivity contribution in [3.8, 4) is 0 Å². The third kappa shape index (κ3) is 3.58. The zero-order valence-electron chi connectivity index (χ0n) is 10.9. The summed E-state index contributed by atoms with van der Waals surface area (Å²) in [6.45, 7) is 0.616. The van der Waals surface area contributed by atoms with Gasteiger partial charge in [0.15, 0.2) is 0 Å². The number of nitrogens with one attached hydrogen (secondary N) is 2. The predicted octanol–water partition coefficient (Wildman–Crippen LogP) is 3.06. The molecule has 2 rings (SSSR count). The van der Waals surface area contributed by atoms with Crippen LogP contribution in [0, 0.1) is 0 Å². The van der Waals surface area contributed by atoms with Crippen LogP contribution in [0.4, 0.5) is 10.5 Å². The second kappa shape index (κ2) is 5.93. The first-order valence-corrected chi connectivity index (χ1v) is 7.69. The second-order valence-corrected chi connectivity index (χ2v) is 6.38. The van der Waals surface area contributed by atoms with Crippen molar-refractivity contribution in [1.29, 1.82) is 0 Å². The lowest BCUT2D eigenvalue weighted by atomic mass is 10.2. The molecule has 7 heteroatoms. The smallest absolute Gasteiger partial charge is 0.335 e. The molecule has 0 bridgehead atoms. The Kier molecular flexibility index (Phi) is 4.45. The van der Waals surface area contributed by atoms with Crippen molar-refractivity contribution in [2.24, 2.45) is 0 Å². The SMILES string of the molecule is CSC1(CNC(=O)Nc2ccc(C(=O)O)cc2Cl)CC1. The van der Waals surface area contributed by atoms with Gasteiger partial charge in [0.2, 0.25) is 0 Å². The van der Waals surface area contributed by atoms with Crippen LogP contribution in [0.3, 0.4) is 0 Å². The molecule has 1 aromatic rings. The van der Waals surface area contributed by atoms with E-state index in [1.54, 1.807) is 11.8 Å². The average molecular weight is 315 g/mol. The predicted molar refractivity (Wildman–Crippen MR) is 80.9 cm³/mol. The van der Waals surface area contributed by atoms with E-state index in [9.17, 15) is 9.59 Å². The molecule has 1 aliphatic carbocycles. The summed E-state index contributed by atoms with van der Waals surface area (Å²) in [6, 6.07) is 3.85. The molecule has 108 valence electrons. The number of anilines is 1. The first-order valence-electron chi connectivity index (χ1n) is 6.09. The quantitative estimate of drug-likeness (QED) is 0.780. The van der Waals surface area contributed by atoms with Crippen LogP contribution in [0.15, 0.2) is 18.2 Å². The lowest BCUT2D eigenvalue weighted by Gasteiger charge is -2.14. The molecule has 0 heterocycles. The summed E-state index contributed by atoms with van der Waals surface area (Å²) in [5, 5.41) is 14.4. The maximum absolute atomic E-state index is 11.8. The fraction of sp³-hybridized carbons (Fsp3) is 0.385. The molecule has 0 unspecified atom stereocenters. The summed E-state index contributed by atoms with van der Waals surface area (Å²) >= 11 is 7.70. The number of hydrogen-bond acceptors (Lipinski definition) is 3. The minimum atomic E-state index is -1.06. The molecule has 0 saturated heterocycles. The van der Waals surface area contributed by atoms with E-state index in [2.05, 4.69) is 10.6 Å². The highest BCUT2D eigenvalue weighted by atomic mass is 35.5. The number of rotatable bonds is 5. The third-order valence-corrected chi connectivity index (χ3v) is 5.01. The van der Waals surface area contributed by atoms with E-state index < -0.39 is 5.97 Å². The molecule has 1 saturated carbocycles. The fourth-order valence-corrected chi connectivity index (χ4v) is 2.70. The highest BCUT2D eigenvalue weighted by Crippen LogP contribution is 2.46. The number of aromatic carboxylic acids is 1. The highest BCUT2D eigenvalue weighted by Gasteiger charge is 2.41. The number of hydrogen-bond donors (Lipinski definition) is 3. The Morgan fingerprint density at radius 1 is 1.45 bits per heavy atom. The molecule has 0 radical (unpaired) electrons. The van der Waals surface area contributed by atoms with Gasteiger partial charge in [0.1, 0.15) is 0 Å². The molecule has 0 aromatic heterocycles. The summed E-state index contributed by atoms with van der Waals surface area (Å²) in [4.78, 5) is 22.5. The third-order valence-electron chi connectivity index (χ3n) is 3.28. The lowest BCUT2D eigenvalue weighted by Crippen LogP contribution is -2.35. The molecule has 1 aromatic carbocycles. The van der Waals surface area contributed by atoms with Crippen LogP contribution in [0.5, 0.6) is 0 Å². The van der Waals surface area contributed by atoms with Crippen molar-refractivity contribution >= 4 is 41.1 Å². The Morgan fingerprint density at radius 3 is 2.65 bits per heavy atom. The maximum atomic E-state index is 11.8. The van der Waals surface area contributed by atoms with Gasteiger partial charge in [-0.25, -0.2) is 9.59 Å².